The van der Waals surface area contributed by atoms with Crippen LogP contribution < -0.4 is 0 Å². The van der Waals surface area contributed by atoms with Crippen molar-refractivity contribution in [2.75, 3.05) is 5.33 Å². The van der Waals surface area contributed by atoms with Crippen molar-refractivity contribution in [1.82, 2.24) is 0 Å². The minimum absolute atomic E-state index is 0.341. The van der Waals surface area contributed by atoms with Gasteiger partial charge in [-0.05, 0) is 12.8 Å². The first-order valence-corrected chi connectivity index (χ1v) is 6.02. The van der Waals surface area contributed by atoms with Crippen LogP contribution in [0.25, 0.3) is 0 Å². The maximum absolute atomic E-state index is 5.46. The van der Waals surface area contributed by atoms with Gasteiger partial charge in [0.2, 0.25) is 5.79 Å². The quantitative estimate of drug-likeness (QED) is 0.529. The largest absolute Gasteiger partial charge is 0.457 e. The summed E-state index contributed by atoms with van der Waals surface area (Å²) in [6.45, 7) is 2.09. The minimum Gasteiger partial charge on any atom is -0.457 e. The fourth-order valence-corrected chi connectivity index (χ4v) is 1.85. The van der Waals surface area contributed by atoms with Gasteiger partial charge < -0.3 is 9.47 Å². The third-order valence-electron chi connectivity index (χ3n) is 2.35. The van der Waals surface area contributed by atoms with Gasteiger partial charge in [-0.15, -0.1) is 0 Å². The lowest BCUT2D eigenvalue weighted by Gasteiger charge is -2.26. The van der Waals surface area contributed by atoms with Crippen molar-refractivity contribution in [2.45, 2.75) is 44.8 Å². The number of unbranched alkanes of at least 4 members (excludes halogenated alkanes) is 2. The smallest absolute Gasteiger partial charge is 0.249 e. The van der Waals surface area contributed by atoms with Crippen LogP contribution in [0.15, 0.2) is 12.5 Å². The summed E-state index contributed by atoms with van der Waals surface area (Å²) < 4.78 is 10.9. The number of ether oxygens (including phenoxy) is 2. The second kappa shape index (κ2) is 5.53. The zero-order valence-corrected chi connectivity index (χ0v) is 9.68. The maximum Gasteiger partial charge on any atom is 0.249 e. The Morgan fingerprint density at radius 3 is 2.38 bits per heavy atom. The van der Waals surface area contributed by atoms with E-state index in [-0.39, 0.29) is 5.79 Å². The molecule has 13 heavy (non-hydrogen) atoms. The van der Waals surface area contributed by atoms with Crippen molar-refractivity contribution in [3.05, 3.63) is 12.5 Å². The van der Waals surface area contributed by atoms with Gasteiger partial charge in [0.15, 0.2) is 0 Å². The summed E-state index contributed by atoms with van der Waals surface area (Å²) in [6, 6.07) is 0. The molecule has 1 rings (SSSR count). The highest BCUT2D eigenvalue weighted by atomic mass is 79.9. The van der Waals surface area contributed by atoms with E-state index in [1.165, 1.54) is 19.3 Å². The lowest BCUT2D eigenvalue weighted by Crippen LogP contribution is -2.28. The van der Waals surface area contributed by atoms with Crippen molar-refractivity contribution in [3.8, 4) is 0 Å². The number of rotatable bonds is 6. The van der Waals surface area contributed by atoms with Crippen molar-refractivity contribution in [1.29, 1.82) is 0 Å². The van der Waals surface area contributed by atoms with Gasteiger partial charge in [-0.3, -0.25) is 0 Å². The lowest BCUT2D eigenvalue weighted by molar-refractivity contribution is -0.149. The van der Waals surface area contributed by atoms with E-state index < -0.39 is 0 Å². The Hall–Kier alpha value is -0.180. The molecule has 0 amide bonds. The van der Waals surface area contributed by atoms with Crippen molar-refractivity contribution in [3.63, 3.8) is 0 Å². The Kier molecular flexibility index (Phi) is 4.64. The highest BCUT2D eigenvalue weighted by Gasteiger charge is 2.32. The van der Waals surface area contributed by atoms with E-state index in [1.54, 1.807) is 12.5 Å². The number of hydrogen-bond acceptors (Lipinski definition) is 2. The summed E-state index contributed by atoms with van der Waals surface area (Å²) in [4.78, 5) is 0. The average Bonchev–Trinajstić information content (AvgIpc) is 2.62. The fourth-order valence-electron chi connectivity index (χ4n) is 1.46. The number of halogens is 1. The fraction of sp³-hybridized carbons (Fsp3) is 0.800. The van der Waals surface area contributed by atoms with Crippen LogP contribution in [0.2, 0.25) is 0 Å². The average molecular weight is 249 g/mol. The number of hydrogen-bond donors (Lipinski definition) is 0. The molecule has 1 heterocycles. The molecule has 0 N–H and O–H groups in total. The normalized spacial score (nSPS) is 18.3. The molecule has 0 atom stereocenters. The Labute approximate surface area is 88.4 Å². The molecule has 0 saturated heterocycles. The molecule has 76 valence electrons. The van der Waals surface area contributed by atoms with E-state index in [4.69, 9.17) is 9.47 Å². The topological polar surface area (TPSA) is 18.5 Å². The predicted octanol–water partition coefficient (Wildman–Crippen LogP) is 3.57. The Morgan fingerprint density at radius 2 is 1.85 bits per heavy atom. The molecule has 1 aliphatic heterocycles. The monoisotopic (exact) mass is 248 g/mol. The third kappa shape index (κ3) is 3.22. The highest BCUT2D eigenvalue weighted by Crippen LogP contribution is 2.29. The van der Waals surface area contributed by atoms with Gasteiger partial charge in [-0.25, -0.2) is 0 Å². The second-order valence-electron chi connectivity index (χ2n) is 3.27. The summed E-state index contributed by atoms with van der Waals surface area (Å²) in [5.74, 6) is -0.341. The van der Waals surface area contributed by atoms with E-state index in [1.807, 2.05) is 0 Å². The zero-order valence-electron chi connectivity index (χ0n) is 8.09. The van der Waals surface area contributed by atoms with E-state index in [0.29, 0.717) is 0 Å². The van der Waals surface area contributed by atoms with Gasteiger partial charge in [0, 0.05) is 18.2 Å². The molecular formula is C10H17BrO2. The summed E-state index contributed by atoms with van der Waals surface area (Å²) in [7, 11) is 0. The summed E-state index contributed by atoms with van der Waals surface area (Å²) in [5, 5.41) is 1.09. The Morgan fingerprint density at radius 1 is 1.15 bits per heavy atom. The first kappa shape index (κ1) is 10.9. The first-order chi connectivity index (χ1) is 6.33. The van der Waals surface area contributed by atoms with Gasteiger partial charge in [0.25, 0.3) is 0 Å². The summed E-state index contributed by atoms with van der Waals surface area (Å²) in [5.41, 5.74) is 0. The molecule has 0 spiro atoms. The van der Waals surface area contributed by atoms with Gasteiger partial charge >= 0.3 is 0 Å². The van der Waals surface area contributed by atoms with E-state index in [2.05, 4.69) is 22.9 Å². The molecule has 0 aromatic carbocycles. The van der Waals surface area contributed by atoms with E-state index in [9.17, 15) is 0 Å². The molecule has 0 unspecified atom stereocenters. The van der Waals surface area contributed by atoms with Crippen LogP contribution in [0.4, 0.5) is 0 Å². The molecule has 0 aromatic heterocycles. The molecule has 0 saturated carbocycles. The van der Waals surface area contributed by atoms with Crippen molar-refractivity contribution >= 4 is 15.9 Å². The number of alkyl halides is 1. The van der Waals surface area contributed by atoms with Crippen molar-refractivity contribution < 1.29 is 9.47 Å². The van der Waals surface area contributed by atoms with E-state index in [0.717, 1.165) is 18.2 Å². The van der Waals surface area contributed by atoms with Crippen LogP contribution in [0.1, 0.15) is 39.0 Å². The van der Waals surface area contributed by atoms with Crippen LogP contribution >= 0.6 is 15.9 Å². The zero-order chi connectivity index (χ0) is 9.57. The minimum atomic E-state index is -0.341. The predicted molar refractivity (Wildman–Crippen MR) is 56.6 cm³/mol. The summed E-state index contributed by atoms with van der Waals surface area (Å²) >= 11 is 3.42. The lowest BCUT2D eigenvalue weighted by atomic mass is 10.1. The van der Waals surface area contributed by atoms with Gasteiger partial charge in [0.1, 0.15) is 12.5 Å². The molecule has 0 radical (unpaired) electrons. The molecular weight excluding hydrogens is 232 g/mol. The van der Waals surface area contributed by atoms with Gasteiger partial charge in [-0.1, -0.05) is 29.3 Å². The first-order valence-electron chi connectivity index (χ1n) is 4.89. The molecule has 2 nitrogen and oxygen atoms in total. The third-order valence-corrected chi connectivity index (χ3v) is 2.91. The maximum atomic E-state index is 5.46. The molecule has 3 heteroatoms. The van der Waals surface area contributed by atoms with Crippen LogP contribution in [0.5, 0.6) is 0 Å². The molecule has 0 aromatic rings. The van der Waals surface area contributed by atoms with Crippen LogP contribution in [0.3, 0.4) is 0 Å². The standard InChI is InChI=1S/C10H17BrO2/c1-2-10(12-8-9-13-10)6-4-3-5-7-11/h8-9H,2-7H2,1H3. The highest BCUT2D eigenvalue weighted by molar-refractivity contribution is 9.09. The van der Waals surface area contributed by atoms with Crippen molar-refractivity contribution in [2.24, 2.45) is 0 Å². The van der Waals surface area contributed by atoms with E-state index >= 15 is 0 Å². The molecule has 0 aliphatic carbocycles. The van der Waals surface area contributed by atoms with Crippen LogP contribution in [-0.4, -0.2) is 11.1 Å². The van der Waals surface area contributed by atoms with Crippen LogP contribution in [-0.2, 0) is 9.47 Å². The van der Waals surface area contributed by atoms with Gasteiger partial charge in [-0.2, -0.15) is 0 Å². The molecule has 1 aliphatic rings. The SMILES string of the molecule is CCC1(CCCCCBr)OC=CO1. The molecule has 0 bridgehead atoms. The summed E-state index contributed by atoms with van der Waals surface area (Å²) in [6.07, 6.45) is 8.83. The van der Waals surface area contributed by atoms with Gasteiger partial charge in [0.05, 0.1) is 0 Å². The van der Waals surface area contributed by atoms with Crippen LogP contribution in [0, 0.1) is 0 Å². The Balaban J connectivity index is 2.17. The second-order valence-corrected chi connectivity index (χ2v) is 4.06. The Bertz CT molecular complexity index is 160. The molecule has 0 fully saturated rings.